The fourth-order valence-corrected chi connectivity index (χ4v) is 3.23. The topological polar surface area (TPSA) is 76.2 Å². The fourth-order valence-electron chi connectivity index (χ4n) is 3.23. The summed E-state index contributed by atoms with van der Waals surface area (Å²) in [5.41, 5.74) is 0.747. The maximum atomic E-state index is 12.6. The van der Waals surface area contributed by atoms with E-state index < -0.39 is 0 Å². The van der Waals surface area contributed by atoms with Crippen LogP contribution >= 0.6 is 0 Å². The van der Waals surface area contributed by atoms with Crippen LogP contribution in [0.15, 0.2) is 24.3 Å². The van der Waals surface area contributed by atoms with Crippen LogP contribution in [0.2, 0.25) is 0 Å². The van der Waals surface area contributed by atoms with Crippen molar-refractivity contribution in [1.29, 1.82) is 0 Å². The number of carbonyl (C=O) groups is 3. The predicted octanol–water partition coefficient (Wildman–Crippen LogP) is 1.21. The molecule has 0 spiro atoms. The number of amides is 1. The van der Waals surface area contributed by atoms with Gasteiger partial charge >= 0.3 is 11.9 Å². The second kappa shape index (κ2) is 7.55. The van der Waals surface area contributed by atoms with Crippen molar-refractivity contribution in [3.05, 3.63) is 24.3 Å². The van der Waals surface area contributed by atoms with E-state index in [2.05, 4.69) is 0 Å². The van der Waals surface area contributed by atoms with Crippen molar-refractivity contribution < 1.29 is 23.9 Å². The van der Waals surface area contributed by atoms with E-state index in [-0.39, 0.29) is 36.9 Å². The standard InChI is InChI=1S/C18H22N2O5/c1-2-24-18(23)13-7-9-19(10-8-13)16(21)11-20-12-17(22)25-15-6-4-3-5-14(15)20/h3-6,13H,2,7-12H2,1H3. The first-order valence-electron chi connectivity index (χ1n) is 8.57. The third-order valence-corrected chi connectivity index (χ3v) is 4.54. The van der Waals surface area contributed by atoms with Crippen molar-refractivity contribution in [2.24, 2.45) is 5.92 Å². The first-order chi connectivity index (χ1) is 12.1. The van der Waals surface area contributed by atoms with Gasteiger partial charge in [-0.15, -0.1) is 0 Å². The molecule has 0 radical (unpaired) electrons. The first kappa shape index (κ1) is 17.3. The smallest absolute Gasteiger partial charge is 0.331 e. The Morgan fingerprint density at radius 3 is 2.68 bits per heavy atom. The summed E-state index contributed by atoms with van der Waals surface area (Å²) >= 11 is 0. The molecule has 0 atom stereocenters. The number of hydrogen-bond donors (Lipinski definition) is 0. The number of hydrogen-bond acceptors (Lipinski definition) is 6. The molecule has 2 heterocycles. The second-order valence-electron chi connectivity index (χ2n) is 6.20. The molecule has 1 aromatic carbocycles. The zero-order valence-electron chi connectivity index (χ0n) is 14.3. The maximum absolute atomic E-state index is 12.6. The molecule has 7 heteroatoms. The molecule has 134 valence electrons. The molecule has 3 rings (SSSR count). The average molecular weight is 346 g/mol. The van der Waals surface area contributed by atoms with Gasteiger partial charge in [-0.05, 0) is 31.9 Å². The van der Waals surface area contributed by atoms with Crippen molar-refractivity contribution in [3.8, 4) is 5.75 Å². The summed E-state index contributed by atoms with van der Waals surface area (Å²) in [5, 5.41) is 0. The lowest BCUT2D eigenvalue weighted by molar-refractivity contribution is -0.151. The van der Waals surface area contributed by atoms with Gasteiger partial charge in [-0.2, -0.15) is 0 Å². The molecule has 0 bridgehead atoms. The number of esters is 2. The molecule has 1 fully saturated rings. The number of anilines is 1. The minimum Gasteiger partial charge on any atom is -0.466 e. The summed E-state index contributed by atoms with van der Waals surface area (Å²) < 4.78 is 10.2. The van der Waals surface area contributed by atoms with Gasteiger partial charge in [0, 0.05) is 13.1 Å². The Morgan fingerprint density at radius 2 is 1.96 bits per heavy atom. The molecule has 1 aromatic rings. The van der Waals surface area contributed by atoms with Crippen LogP contribution in [0, 0.1) is 5.92 Å². The normalized spacial score (nSPS) is 17.7. The van der Waals surface area contributed by atoms with Crippen LogP contribution in [0.3, 0.4) is 0 Å². The number of likely N-dealkylation sites (tertiary alicyclic amines) is 1. The Balaban J connectivity index is 1.59. The lowest BCUT2D eigenvalue weighted by atomic mass is 9.97. The van der Waals surface area contributed by atoms with E-state index >= 15 is 0 Å². The minimum atomic E-state index is -0.368. The van der Waals surface area contributed by atoms with Gasteiger partial charge in [0.1, 0.15) is 6.54 Å². The van der Waals surface area contributed by atoms with Crippen LogP contribution in [0.5, 0.6) is 5.75 Å². The molecule has 0 unspecified atom stereocenters. The lowest BCUT2D eigenvalue weighted by Crippen LogP contribution is -2.47. The van der Waals surface area contributed by atoms with Crippen molar-refractivity contribution >= 4 is 23.5 Å². The number of para-hydroxylation sites is 2. The highest BCUT2D eigenvalue weighted by Gasteiger charge is 2.31. The molecule has 0 aromatic heterocycles. The minimum absolute atomic E-state index is 0.0492. The summed E-state index contributed by atoms with van der Waals surface area (Å²) in [6.07, 6.45) is 1.23. The van der Waals surface area contributed by atoms with Gasteiger partial charge in [0.2, 0.25) is 5.91 Å². The number of rotatable bonds is 4. The Labute approximate surface area is 146 Å². The van der Waals surface area contributed by atoms with Crippen LogP contribution in [-0.4, -0.2) is 55.5 Å². The third-order valence-electron chi connectivity index (χ3n) is 4.54. The summed E-state index contributed by atoms with van der Waals surface area (Å²) in [6.45, 7) is 3.41. The first-order valence-corrected chi connectivity index (χ1v) is 8.57. The van der Waals surface area contributed by atoms with E-state index in [0.29, 0.717) is 38.3 Å². The van der Waals surface area contributed by atoms with E-state index in [1.54, 1.807) is 28.9 Å². The number of carbonyl (C=O) groups excluding carboxylic acids is 3. The van der Waals surface area contributed by atoms with Gasteiger partial charge in [0.15, 0.2) is 5.75 Å². The SMILES string of the molecule is CCOC(=O)C1CCN(C(=O)CN2CC(=O)Oc3ccccc32)CC1. The summed E-state index contributed by atoms with van der Waals surface area (Å²) in [6, 6.07) is 7.19. The van der Waals surface area contributed by atoms with Crippen LogP contribution in [0.4, 0.5) is 5.69 Å². The quantitative estimate of drug-likeness (QED) is 0.603. The van der Waals surface area contributed by atoms with Crippen LogP contribution in [0.1, 0.15) is 19.8 Å². The van der Waals surface area contributed by atoms with Crippen LogP contribution in [-0.2, 0) is 19.1 Å². The van der Waals surface area contributed by atoms with Gasteiger partial charge in [0.25, 0.3) is 0 Å². The predicted molar refractivity (Wildman–Crippen MR) is 90.2 cm³/mol. The molecule has 7 nitrogen and oxygen atoms in total. The molecule has 0 saturated carbocycles. The average Bonchev–Trinajstić information content (AvgIpc) is 2.62. The zero-order chi connectivity index (χ0) is 17.8. The Bertz CT molecular complexity index is 667. The van der Waals surface area contributed by atoms with Crippen LogP contribution < -0.4 is 9.64 Å². The molecule has 0 aliphatic carbocycles. The highest BCUT2D eigenvalue weighted by molar-refractivity contribution is 5.89. The largest absolute Gasteiger partial charge is 0.466 e. The number of piperidine rings is 1. The number of ether oxygens (including phenoxy) is 2. The summed E-state index contributed by atoms with van der Waals surface area (Å²) in [5.74, 6) is -0.246. The monoisotopic (exact) mass is 346 g/mol. The van der Waals surface area contributed by atoms with Crippen molar-refractivity contribution in [3.63, 3.8) is 0 Å². The van der Waals surface area contributed by atoms with Gasteiger partial charge in [-0.3, -0.25) is 9.59 Å². The van der Waals surface area contributed by atoms with Crippen molar-refractivity contribution in [2.45, 2.75) is 19.8 Å². The molecule has 1 amide bonds. The Kier molecular flexibility index (Phi) is 5.21. The van der Waals surface area contributed by atoms with E-state index in [4.69, 9.17) is 9.47 Å². The van der Waals surface area contributed by atoms with Gasteiger partial charge < -0.3 is 19.3 Å². The molecular weight excluding hydrogens is 324 g/mol. The fraction of sp³-hybridized carbons (Fsp3) is 0.500. The van der Waals surface area contributed by atoms with Gasteiger partial charge in [-0.1, -0.05) is 12.1 Å². The molecule has 25 heavy (non-hydrogen) atoms. The molecule has 2 aliphatic rings. The molecule has 0 N–H and O–H groups in total. The highest BCUT2D eigenvalue weighted by atomic mass is 16.5. The molecular formula is C18H22N2O5. The number of fused-ring (bicyclic) bond motifs is 1. The second-order valence-corrected chi connectivity index (χ2v) is 6.20. The maximum Gasteiger partial charge on any atom is 0.331 e. The van der Waals surface area contributed by atoms with E-state index in [1.807, 2.05) is 12.1 Å². The van der Waals surface area contributed by atoms with E-state index in [9.17, 15) is 14.4 Å². The Hall–Kier alpha value is -2.57. The number of nitrogens with zero attached hydrogens (tertiary/aromatic N) is 2. The lowest BCUT2D eigenvalue weighted by Gasteiger charge is -2.34. The summed E-state index contributed by atoms with van der Waals surface area (Å²) in [7, 11) is 0. The summed E-state index contributed by atoms with van der Waals surface area (Å²) in [4.78, 5) is 39.6. The van der Waals surface area contributed by atoms with Gasteiger partial charge in [0.05, 0.1) is 24.8 Å². The van der Waals surface area contributed by atoms with Crippen molar-refractivity contribution in [1.82, 2.24) is 4.90 Å². The molecule has 2 aliphatic heterocycles. The highest BCUT2D eigenvalue weighted by Crippen LogP contribution is 2.31. The molecule has 1 saturated heterocycles. The number of benzene rings is 1. The van der Waals surface area contributed by atoms with Crippen molar-refractivity contribution in [2.75, 3.05) is 37.7 Å². The van der Waals surface area contributed by atoms with Gasteiger partial charge in [-0.25, -0.2) is 4.79 Å². The van der Waals surface area contributed by atoms with E-state index in [1.165, 1.54) is 0 Å². The third kappa shape index (κ3) is 3.92. The Morgan fingerprint density at radius 1 is 1.24 bits per heavy atom. The van der Waals surface area contributed by atoms with Crippen LogP contribution in [0.25, 0.3) is 0 Å². The zero-order valence-corrected chi connectivity index (χ0v) is 14.3. The van der Waals surface area contributed by atoms with E-state index in [0.717, 1.165) is 5.69 Å².